The number of carbonyl (C=O) groups is 2. The zero-order valence-corrected chi connectivity index (χ0v) is 20.0. The molecule has 3 rings (SSSR count). The Bertz CT molecular complexity index is 1240. The first-order valence-electron chi connectivity index (χ1n) is 10.1. The lowest BCUT2D eigenvalue weighted by molar-refractivity contribution is -0.118. The van der Waals surface area contributed by atoms with E-state index < -0.39 is 15.9 Å². The van der Waals surface area contributed by atoms with Gasteiger partial charge in [0.1, 0.15) is 5.76 Å². The lowest BCUT2D eigenvalue weighted by atomic mass is 10.1. The number of benzene rings is 2. The SMILES string of the molecule is CSc1ccc(S(=O)(=O)Nc2ccccc2C(=O)NCc2ccco2)cc1NC(=O)C(C)C. The normalized spacial score (nSPS) is 11.3. The van der Waals surface area contributed by atoms with Crippen molar-refractivity contribution in [1.29, 1.82) is 0 Å². The molecule has 3 N–H and O–H groups in total. The number of sulfonamides is 1. The molecule has 3 aromatic rings. The van der Waals surface area contributed by atoms with Crippen molar-refractivity contribution in [3.05, 3.63) is 72.2 Å². The van der Waals surface area contributed by atoms with Crippen molar-refractivity contribution in [2.45, 2.75) is 30.2 Å². The van der Waals surface area contributed by atoms with Crippen LogP contribution in [0.15, 0.2) is 75.1 Å². The number of hydrogen-bond acceptors (Lipinski definition) is 6. The summed E-state index contributed by atoms with van der Waals surface area (Å²) in [6, 6.07) is 14.3. The number of furan rings is 1. The van der Waals surface area contributed by atoms with Crippen molar-refractivity contribution in [1.82, 2.24) is 5.32 Å². The van der Waals surface area contributed by atoms with E-state index in [0.29, 0.717) is 11.4 Å². The van der Waals surface area contributed by atoms with Gasteiger partial charge in [0.2, 0.25) is 5.91 Å². The Balaban J connectivity index is 1.85. The van der Waals surface area contributed by atoms with E-state index in [-0.39, 0.29) is 34.5 Å². The Hall–Kier alpha value is -3.24. The zero-order chi connectivity index (χ0) is 24.0. The van der Waals surface area contributed by atoms with Crippen LogP contribution in [0, 0.1) is 5.92 Å². The van der Waals surface area contributed by atoms with Crippen LogP contribution in [0.2, 0.25) is 0 Å². The van der Waals surface area contributed by atoms with Gasteiger partial charge in [-0.05, 0) is 48.7 Å². The average molecular weight is 488 g/mol. The van der Waals surface area contributed by atoms with E-state index in [0.717, 1.165) is 4.90 Å². The van der Waals surface area contributed by atoms with Gasteiger partial charge >= 0.3 is 0 Å². The predicted octanol–water partition coefficient (Wildman–Crippen LogP) is 4.33. The van der Waals surface area contributed by atoms with Gasteiger partial charge in [-0.15, -0.1) is 11.8 Å². The summed E-state index contributed by atoms with van der Waals surface area (Å²) in [6.07, 6.45) is 3.34. The maximum absolute atomic E-state index is 13.1. The molecular formula is C23H25N3O5S2. The minimum absolute atomic E-state index is 0.0369. The lowest BCUT2D eigenvalue weighted by Gasteiger charge is -2.15. The highest BCUT2D eigenvalue weighted by molar-refractivity contribution is 7.98. The summed E-state index contributed by atoms with van der Waals surface area (Å²) in [7, 11) is -4.04. The van der Waals surface area contributed by atoms with Gasteiger partial charge < -0.3 is 15.1 Å². The molecule has 1 heterocycles. The molecular weight excluding hydrogens is 462 g/mol. The number of nitrogens with one attached hydrogen (secondary N) is 3. The summed E-state index contributed by atoms with van der Waals surface area (Å²) in [5.41, 5.74) is 0.714. The van der Waals surface area contributed by atoms with Crippen LogP contribution in [-0.2, 0) is 21.4 Å². The molecule has 0 spiro atoms. The molecule has 0 fully saturated rings. The van der Waals surface area contributed by atoms with E-state index in [9.17, 15) is 18.0 Å². The summed E-state index contributed by atoms with van der Waals surface area (Å²) in [5, 5.41) is 5.48. The first-order valence-corrected chi connectivity index (χ1v) is 12.8. The lowest BCUT2D eigenvalue weighted by Crippen LogP contribution is -2.25. The highest BCUT2D eigenvalue weighted by atomic mass is 32.2. The van der Waals surface area contributed by atoms with Crippen molar-refractivity contribution in [2.24, 2.45) is 5.92 Å². The van der Waals surface area contributed by atoms with Gasteiger partial charge in [-0.3, -0.25) is 14.3 Å². The number of thioether (sulfide) groups is 1. The fraction of sp³-hybridized carbons (Fsp3) is 0.217. The molecule has 0 saturated carbocycles. The summed E-state index contributed by atoms with van der Waals surface area (Å²) in [6.45, 7) is 3.68. The summed E-state index contributed by atoms with van der Waals surface area (Å²) >= 11 is 1.39. The van der Waals surface area contributed by atoms with Crippen LogP contribution in [0.4, 0.5) is 11.4 Å². The van der Waals surface area contributed by atoms with Crippen LogP contribution >= 0.6 is 11.8 Å². The summed E-state index contributed by atoms with van der Waals surface area (Å²) in [4.78, 5) is 25.5. The second kappa shape index (κ2) is 10.6. The molecule has 2 amide bonds. The van der Waals surface area contributed by atoms with Crippen molar-refractivity contribution < 1.29 is 22.4 Å². The van der Waals surface area contributed by atoms with E-state index in [2.05, 4.69) is 15.4 Å². The van der Waals surface area contributed by atoms with E-state index in [1.807, 2.05) is 6.26 Å². The largest absolute Gasteiger partial charge is 0.467 e. The maximum atomic E-state index is 13.1. The molecule has 0 unspecified atom stereocenters. The third-order valence-corrected chi connectivity index (χ3v) is 6.84. The van der Waals surface area contributed by atoms with Crippen LogP contribution in [0.5, 0.6) is 0 Å². The van der Waals surface area contributed by atoms with Gasteiger partial charge in [0.25, 0.3) is 15.9 Å². The highest BCUT2D eigenvalue weighted by Crippen LogP contribution is 2.30. The summed E-state index contributed by atoms with van der Waals surface area (Å²) in [5.74, 6) is -0.352. The van der Waals surface area contributed by atoms with E-state index in [1.165, 1.54) is 42.3 Å². The zero-order valence-electron chi connectivity index (χ0n) is 18.4. The number of carbonyl (C=O) groups excluding carboxylic acids is 2. The number of hydrogen-bond donors (Lipinski definition) is 3. The van der Waals surface area contributed by atoms with E-state index in [4.69, 9.17) is 4.42 Å². The molecule has 0 radical (unpaired) electrons. The smallest absolute Gasteiger partial charge is 0.261 e. The highest BCUT2D eigenvalue weighted by Gasteiger charge is 2.21. The van der Waals surface area contributed by atoms with Crippen LogP contribution < -0.4 is 15.4 Å². The van der Waals surface area contributed by atoms with Crippen LogP contribution in [-0.4, -0.2) is 26.5 Å². The molecule has 8 nitrogen and oxygen atoms in total. The molecule has 0 aliphatic rings. The fourth-order valence-electron chi connectivity index (χ4n) is 2.88. The minimum Gasteiger partial charge on any atom is -0.467 e. The van der Waals surface area contributed by atoms with Crippen molar-refractivity contribution in [3.63, 3.8) is 0 Å². The van der Waals surface area contributed by atoms with Crippen LogP contribution in [0.3, 0.4) is 0 Å². The van der Waals surface area contributed by atoms with E-state index >= 15 is 0 Å². The topological polar surface area (TPSA) is 118 Å². The van der Waals surface area contributed by atoms with Crippen molar-refractivity contribution in [3.8, 4) is 0 Å². The quantitative estimate of drug-likeness (QED) is 0.387. The molecule has 10 heteroatoms. The number of amides is 2. The molecule has 2 aromatic carbocycles. The van der Waals surface area contributed by atoms with Gasteiger partial charge in [0, 0.05) is 10.8 Å². The van der Waals surface area contributed by atoms with Gasteiger partial charge in [-0.1, -0.05) is 26.0 Å². The Kier molecular flexibility index (Phi) is 7.83. The average Bonchev–Trinajstić information content (AvgIpc) is 3.31. The standard InChI is InChI=1S/C23H25N3O5S2/c1-15(2)22(27)25-20-13-17(10-11-21(20)32-3)33(29,30)26-19-9-5-4-8-18(19)23(28)24-14-16-7-6-12-31-16/h4-13,15,26H,14H2,1-3H3,(H,24,28)(H,25,27). The Morgan fingerprint density at radius 1 is 1.03 bits per heavy atom. The van der Waals surface area contributed by atoms with E-state index in [1.54, 1.807) is 44.2 Å². The maximum Gasteiger partial charge on any atom is 0.261 e. The van der Waals surface area contributed by atoms with Gasteiger partial charge in [-0.25, -0.2) is 8.42 Å². The van der Waals surface area contributed by atoms with Crippen LogP contribution in [0.1, 0.15) is 30.0 Å². The molecule has 174 valence electrons. The van der Waals surface area contributed by atoms with Gasteiger partial charge in [-0.2, -0.15) is 0 Å². The third-order valence-electron chi connectivity index (χ3n) is 4.68. The Morgan fingerprint density at radius 2 is 1.79 bits per heavy atom. The Morgan fingerprint density at radius 3 is 2.45 bits per heavy atom. The van der Waals surface area contributed by atoms with Crippen LogP contribution in [0.25, 0.3) is 0 Å². The second-order valence-corrected chi connectivity index (χ2v) is 9.95. The minimum atomic E-state index is -4.04. The Labute approximate surface area is 197 Å². The molecule has 1 aromatic heterocycles. The first-order chi connectivity index (χ1) is 15.7. The predicted molar refractivity (Wildman–Crippen MR) is 129 cm³/mol. The monoisotopic (exact) mass is 487 g/mol. The number of rotatable bonds is 9. The van der Waals surface area contributed by atoms with Crippen molar-refractivity contribution >= 4 is 45.0 Å². The second-order valence-electron chi connectivity index (χ2n) is 7.42. The molecule has 0 bridgehead atoms. The fourth-order valence-corrected chi connectivity index (χ4v) is 4.52. The third kappa shape index (κ3) is 6.17. The van der Waals surface area contributed by atoms with Gasteiger partial charge in [0.15, 0.2) is 0 Å². The van der Waals surface area contributed by atoms with Crippen molar-refractivity contribution in [2.75, 3.05) is 16.3 Å². The molecule has 0 saturated heterocycles. The first kappa shape index (κ1) is 24.4. The molecule has 0 atom stereocenters. The molecule has 0 aliphatic heterocycles. The van der Waals surface area contributed by atoms with Gasteiger partial charge in [0.05, 0.1) is 34.6 Å². The number of para-hydroxylation sites is 1. The number of anilines is 2. The molecule has 0 aliphatic carbocycles. The molecule has 33 heavy (non-hydrogen) atoms. The summed E-state index contributed by atoms with van der Waals surface area (Å²) < 4.78 is 33.9.